The first-order chi connectivity index (χ1) is 12.4. The third-order valence-electron chi connectivity index (χ3n) is 5.13. The largest absolute Gasteiger partial charge is 0.354 e. The second-order valence-electron chi connectivity index (χ2n) is 7.55. The minimum atomic E-state index is -0.669. The molecule has 0 spiro atoms. The van der Waals surface area contributed by atoms with Crippen molar-refractivity contribution in [2.75, 3.05) is 18.0 Å². The number of para-hydroxylation sites is 1. The Balaban J connectivity index is 1.99. The number of amides is 3. The van der Waals surface area contributed by atoms with Crippen molar-refractivity contribution < 1.29 is 14.4 Å². The minimum absolute atomic E-state index is 0.115. The summed E-state index contributed by atoms with van der Waals surface area (Å²) < 4.78 is 0. The van der Waals surface area contributed by atoms with E-state index in [4.69, 9.17) is 0 Å². The van der Waals surface area contributed by atoms with E-state index in [9.17, 15) is 14.4 Å². The van der Waals surface area contributed by atoms with Crippen LogP contribution in [0.5, 0.6) is 0 Å². The van der Waals surface area contributed by atoms with E-state index in [-0.39, 0.29) is 17.7 Å². The minimum Gasteiger partial charge on any atom is -0.354 e. The highest BCUT2D eigenvalue weighted by atomic mass is 16.2. The summed E-state index contributed by atoms with van der Waals surface area (Å²) in [5.74, 6) is -0.140. The van der Waals surface area contributed by atoms with Crippen LogP contribution in [0.25, 0.3) is 0 Å². The summed E-state index contributed by atoms with van der Waals surface area (Å²) in [6, 6.07) is 5.95. The number of benzene rings is 1. The van der Waals surface area contributed by atoms with E-state index < -0.39 is 12.1 Å². The molecule has 3 amide bonds. The maximum Gasteiger partial charge on any atom is 0.256 e. The van der Waals surface area contributed by atoms with E-state index >= 15 is 0 Å². The number of anilines is 1. The normalized spacial score (nSPS) is 21.2. The van der Waals surface area contributed by atoms with E-state index in [0.717, 1.165) is 12.8 Å². The molecule has 1 N–H and O–H groups in total. The maximum atomic E-state index is 13.3. The third kappa shape index (κ3) is 3.32. The van der Waals surface area contributed by atoms with Gasteiger partial charge >= 0.3 is 0 Å². The van der Waals surface area contributed by atoms with Crippen molar-refractivity contribution in [3.63, 3.8) is 0 Å². The van der Waals surface area contributed by atoms with Crippen LogP contribution >= 0.6 is 0 Å². The average Bonchev–Trinajstić information content (AvgIpc) is 2.74. The van der Waals surface area contributed by atoms with Gasteiger partial charge in [-0.25, -0.2) is 0 Å². The monoisotopic (exact) mass is 357 g/mol. The molecule has 0 aromatic heterocycles. The molecule has 2 atom stereocenters. The number of fused-ring (bicyclic) bond motifs is 2. The van der Waals surface area contributed by atoms with Gasteiger partial charge in [0.15, 0.2) is 0 Å². The number of carbonyl (C=O) groups is 3. The van der Waals surface area contributed by atoms with Gasteiger partial charge in [0.1, 0.15) is 12.1 Å². The van der Waals surface area contributed by atoms with Crippen LogP contribution in [-0.2, 0) is 9.59 Å². The summed E-state index contributed by atoms with van der Waals surface area (Å²) in [4.78, 5) is 42.2. The van der Waals surface area contributed by atoms with Crippen LogP contribution in [0.2, 0.25) is 0 Å². The molecular weight excluding hydrogens is 330 g/mol. The Morgan fingerprint density at radius 3 is 2.65 bits per heavy atom. The SMILES string of the molecule is CC(C)CNC(=O)C(C)N1C(=O)C2CCCCN2C(=O)c2ccccc21. The lowest BCUT2D eigenvalue weighted by Gasteiger charge is -2.35. The molecule has 2 aliphatic rings. The molecule has 0 radical (unpaired) electrons. The molecule has 1 fully saturated rings. The van der Waals surface area contributed by atoms with Gasteiger partial charge in [0.2, 0.25) is 5.91 Å². The molecule has 2 aliphatic heterocycles. The van der Waals surface area contributed by atoms with Crippen molar-refractivity contribution in [3.8, 4) is 0 Å². The zero-order valence-corrected chi connectivity index (χ0v) is 15.7. The van der Waals surface area contributed by atoms with Gasteiger partial charge in [-0.05, 0) is 44.2 Å². The zero-order valence-electron chi connectivity index (χ0n) is 15.7. The Labute approximate surface area is 154 Å². The molecule has 6 nitrogen and oxygen atoms in total. The first kappa shape index (κ1) is 18.4. The van der Waals surface area contributed by atoms with Crippen LogP contribution in [0.15, 0.2) is 24.3 Å². The molecular formula is C20H27N3O3. The second-order valence-corrected chi connectivity index (χ2v) is 7.55. The number of piperidine rings is 1. The van der Waals surface area contributed by atoms with Crippen LogP contribution in [-0.4, -0.2) is 47.8 Å². The van der Waals surface area contributed by atoms with Gasteiger partial charge in [0.05, 0.1) is 11.3 Å². The number of hydrogen-bond acceptors (Lipinski definition) is 3. The van der Waals surface area contributed by atoms with Gasteiger partial charge in [-0.15, -0.1) is 0 Å². The molecule has 140 valence electrons. The second kappa shape index (κ2) is 7.48. The maximum absolute atomic E-state index is 13.3. The van der Waals surface area contributed by atoms with E-state index in [1.54, 1.807) is 36.1 Å². The highest BCUT2D eigenvalue weighted by Gasteiger charge is 2.43. The van der Waals surface area contributed by atoms with Crippen LogP contribution in [0, 0.1) is 5.92 Å². The Morgan fingerprint density at radius 2 is 1.92 bits per heavy atom. The van der Waals surface area contributed by atoms with E-state index in [0.29, 0.717) is 36.7 Å². The first-order valence-corrected chi connectivity index (χ1v) is 9.42. The average molecular weight is 357 g/mol. The summed E-state index contributed by atoms with van der Waals surface area (Å²) in [7, 11) is 0. The zero-order chi connectivity index (χ0) is 18.8. The number of nitrogens with one attached hydrogen (secondary N) is 1. The van der Waals surface area contributed by atoms with Gasteiger partial charge in [-0.2, -0.15) is 0 Å². The summed E-state index contributed by atoms with van der Waals surface area (Å²) >= 11 is 0. The first-order valence-electron chi connectivity index (χ1n) is 9.42. The molecule has 26 heavy (non-hydrogen) atoms. The summed E-state index contributed by atoms with van der Waals surface area (Å²) in [5, 5.41) is 2.90. The van der Waals surface area contributed by atoms with Gasteiger partial charge < -0.3 is 10.2 Å². The van der Waals surface area contributed by atoms with E-state index in [1.807, 2.05) is 13.8 Å². The van der Waals surface area contributed by atoms with E-state index in [2.05, 4.69) is 5.32 Å². The topological polar surface area (TPSA) is 69.7 Å². The van der Waals surface area contributed by atoms with Gasteiger partial charge in [-0.3, -0.25) is 19.3 Å². The summed E-state index contributed by atoms with van der Waals surface area (Å²) in [6.45, 7) is 6.92. The fraction of sp³-hybridized carbons (Fsp3) is 0.550. The predicted molar refractivity (Wildman–Crippen MR) is 99.9 cm³/mol. The number of hydrogen-bond donors (Lipinski definition) is 1. The number of rotatable bonds is 4. The Bertz CT molecular complexity index is 716. The molecule has 1 saturated heterocycles. The standard InChI is InChI=1S/C20H27N3O3/c1-13(2)12-21-18(24)14(3)23-16-9-5-4-8-15(16)19(25)22-11-7-6-10-17(22)20(23)26/h4-5,8-9,13-14,17H,6-7,10-12H2,1-3H3,(H,21,24). The molecule has 3 rings (SSSR count). The third-order valence-corrected chi connectivity index (χ3v) is 5.13. The van der Waals surface area contributed by atoms with Crippen LogP contribution in [0.3, 0.4) is 0 Å². The van der Waals surface area contributed by atoms with Crippen LogP contribution < -0.4 is 10.2 Å². The van der Waals surface area contributed by atoms with Crippen LogP contribution in [0.4, 0.5) is 5.69 Å². The molecule has 0 aliphatic carbocycles. The van der Waals surface area contributed by atoms with Crippen molar-refractivity contribution in [1.29, 1.82) is 0 Å². The van der Waals surface area contributed by atoms with Crippen molar-refractivity contribution in [1.82, 2.24) is 10.2 Å². The Kier molecular flexibility index (Phi) is 5.30. The number of nitrogens with zero attached hydrogens (tertiary/aromatic N) is 2. The summed E-state index contributed by atoms with van der Waals surface area (Å²) in [6.07, 6.45) is 2.47. The van der Waals surface area contributed by atoms with Gasteiger partial charge in [0, 0.05) is 13.1 Å². The quantitative estimate of drug-likeness (QED) is 0.898. The highest BCUT2D eigenvalue weighted by molar-refractivity contribution is 6.13. The molecule has 1 aromatic carbocycles. The van der Waals surface area contributed by atoms with Crippen molar-refractivity contribution in [3.05, 3.63) is 29.8 Å². The smallest absolute Gasteiger partial charge is 0.256 e. The number of carbonyl (C=O) groups excluding carboxylic acids is 3. The lowest BCUT2D eigenvalue weighted by Crippen LogP contribution is -2.55. The predicted octanol–water partition coefficient (Wildman–Crippen LogP) is 2.19. The van der Waals surface area contributed by atoms with Crippen molar-refractivity contribution in [2.45, 2.75) is 52.1 Å². The van der Waals surface area contributed by atoms with E-state index in [1.165, 1.54) is 4.90 Å². The highest BCUT2D eigenvalue weighted by Crippen LogP contribution is 2.33. The molecule has 2 heterocycles. The fourth-order valence-electron chi connectivity index (χ4n) is 3.70. The fourth-order valence-corrected chi connectivity index (χ4v) is 3.70. The molecule has 0 saturated carbocycles. The Hall–Kier alpha value is -2.37. The Morgan fingerprint density at radius 1 is 1.19 bits per heavy atom. The molecule has 2 unspecified atom stereocenters. The van der Waals surface area contributed by atoms with Gasteiger partial charge in [-0.1, -0.05) is 26.0 Å². The summed E-state index contributed by atoms with van der Waals surface area (Å²) in [5.41, 5.74) is 1.03. The lowest BCUT2D eigenvalue weighted by atomic mass is 10.0. The lowest BCUT2D eigenvalue weighted by molar-refractivity contribution is -0.128. The molecule has 0 bridgehead atoms. The van der Waals surface area contributed by atoms with Gasteiger partial charge in [0.25, 0.3) is 11.8 Å². The molecule has 6 heteroatoms. The van der Waals surface area contributed by atoms with Crippen molar-refractivity contribution in [2.24, 2.45) is 5.92 Å². The molecule has 1 aromatic rings. The van der Waals surface area contributed by atoms with Crippen LogP contribution in [0.1, 0.15) is 50.4 Å². The van der Waals surface area contributed by atoms with Crippen molar-refractivity contribution >= 4 is 23.4 Å².